The lowest BCUT2D eigenvalue weighted by molar-refractivity contribution is -0.121. The van der Waals surface area contributed by atoms with Crippen LogP contribution < -0.4 is 15.1 Å². The van der Waals surface area contributed by atoms with E-state index in [9.17, 15) is 4.79 Å². The SMILES string of the molecule is O=C(Cn1cnnn1)NCCn1ncc2c(N3CCN(c4ncccn4)CC3)ncnc21. The fourth-order valence-electron chi connectivity index (χ4n) is 3.63. The molecule has 1 amide bonds. The number of anilines is 2. The van der Waals surface area contributed by atoms with E-state index in [1.807, 2.05) is 6.07 Å². The quantitative estimate of drug-likeness (QED) is 0.371. The van der Waals surface area contributed by atoms with Crippen molar-refractivity contribution in [2.24, 2.45) is 0 Å². The second-order valence-electron chi connectivity index (χ2n) is 7.18. The Morgan fingerprint density at radius 1 is 1.03 bits per heavy atom. The Hall–Kier alpha value is -4.23. The molecule has 32 heavy (non-hydrogen) atoms. The molecular weight excluding hydrogens is 414 g/mol. The maximum atomic E-state index is 12.0. The minimum Gasteiger partial charge on any atom is -0.353 e. The van der Waals surface area contributed by atoms with Gasteiger partial charge in [-0.3, -0.25) is 4.79 Å². The molecule has 0 saturated carbocycles. The van der Waals surface area contributed by atoms with Crippen LogP contribution in [0.5, 0.6) is 0 Å². The summed E-state index contributed by atoms with van der Waals surface area (Å²) < 4.78 is 3.13. The van der Waals surface area contributed by atoms with Crippen molar-refractivity contribution in [3.8, 4) is 0 Å². The lowest BCUT2D eigenvalue weighted by Gasteiger charge is -2.35. The Bertz CT molecular complexity index is 1170. The third-order valence-corrected chi connectivity index (χ3v) is 5.17. The zero-order valence-corrected chi connectivity index (χ0v) is 17.2. The summed E-state index contributed by atoms with van der Waals surface area (Å²) in [4.78, 5) is 34.0. The molecular formula is C18H21N13O. The average molecular weight is 435 g/mol. The van der Waals surface area contributed by atoms with E-state index >= 15 is 0 Å². The van der Waals surface area contributed by atoms with Gasteiger partial charge in [0, 0.05) is 45.1 Å². The van der Waals surface area contributed by atoms with Crippen molar-refractivity contribution in [1.29, 1.82) is 0 Å². The van der Waals surface area contributed by atoms with Gasteiger partial charge in [-0.1, -0.05) is 0 Å². The predicted octanol–water partition coefficient (Wildman–Crippen LogP) is -1.25. The van der Waals surface area contributed by atoms with Gasteiger partial charge in [0.1, 0.15) is 25.0 Å². The first-order valence-corrected chi connectivity index (χ1v) is 10.2. The molecule has 0 spiro atoms. The lowest BCUT2D eigenvalue weighted by atomic mass is 10.3. The highest BCUT2D eigenvalue weighted by molar-refractivity contribution is 5.86. The molecule has 0 unspecified atom stereocenters. The van der Waals surface area contributed by atoms with Crippen LogP contribution in [-0.4, -0.2) is 88.6 Å². The van der Waals surface area contributed by atoms with Crippen molar-refractivity contribution in [2.45, 2.75) is 13.1 Å². The lowest BCUT2D eigenvalue weighted by Crippen LogP contribution is -2.47. The number of piperazine rings is 1. The number of rotatable bonds is 7. The second kappa shape index (κ2) is 8.87. The van der Waals surface area contributed by atoms with Crippen molar-refractivity contribution in [3.05, 3.63) is 37.3 Å². The summed E-state index contributed by atoms with van der Waals surface area (Å²) in [6, 6.07) is 1.81. The van der Waals surface area contributed by atoms with E-state index < -0.39 is 0 Å². The molecule has 4 aromatic heterocycles. The Morgan fingerprint density at radius 2 is 1.84 bits per heavy atom. The maximum absolute atomic E-state index is 12.0. The molecule has 1 saturated heterocycles. The largest absolute Gasteiger partial charge is 0.353 e. The van der Waals surface area contributed by atoms with Crippen molar-refractivity contribution in [1.82, 2.24) is 55.2 Å². The molecule has 0 aliphatic carbocycles. The summed E-state index contributed by atoms with van der Waals surface area (Å²) in [5.74, 6) is 1.43. The van der Waals surface area contributed by atoms with E-state index in [0.717, 1.165) is 49.0 Å². The van der Waals surface area contributed by atoms with Gasteiger partial charge in [-0.15, -0.1) is 5.10 Å². The van der Waals surface area contributed by atoms with Crippen molar-refractivity contribution >= 4 is 28.7 Å². The van der Waals surface area contributed by atoms with Gasteiger partial charge in [-0.05, 0) is 16.5 Å². The molecule has 0 bridgehead atoms. The van der Waals surface area contributed by atoms with Crippen LogP contribution in [0.3, 0.4) is 0 Å². The van der Waals surface area contributed by atoms with E-state index in [0.29, 0.717) is 13.1 Å². The Kier molecular flexibility index (Phi) is 5.47. The minimum atomic E-state index is -0.177. The summed E-state index contributed by atoms with van der Waals surface area (Å²) in [6.45, 7) is 4.16. The first kappa shape index (κ1) is 19.7. The highest BCUT2D eigenvalue weighted by atomic mass is 16.2. The van der Waals surface area contributed by atoms with E-state index in [4.69, 9.17) is 0 Å². The molecule has 5 rings (SSSR count). The summed E-state index contributed by atoms with van der Waals surface area (Å²) in [5, 5.41) is 18.9. The third-order valence-electron chi connectivity index (χ3n) is 5.17. The van der Waals surface area contributed by atoms with Gasteiger partial charge in [0.2, 0.25) is 11.9 Å². The first-order chi connectivity index (χ1) is 15.8. The van der Waals surface area contributed by atoms with Crippen LogP contribution in [0, 0.1) is 0 Å². The number of fused-ring (bicyclic) bond motifs is 1. The molecule has 1 fully saturated rings. The highest BCUT2D eigenvalue weighted by Gasteiger charge is 2.22. The van der Waals surface area contributed by atoms with Gasteiger partial charge < -0.3 is 15.1 Å². The van der Waals surface area contributed by atoms with E-state index in [1.165, 1.54) is 11.0 Å². The Balaban J connectivity index is 1.21. The van der Waals surface area contributed by atoms with Crippen LogP contribution >= 0.6 is 0 Å². The molecule has 1 N–H and O–H groups in total. The smallest absolute Gasteiger partial charge is 0.241 e. The number of carbonyl (C=O) groups excluding carboxylic acids is 1. The van der Waals surface area contributed by atoms with Gasteiger partial charge in [-0.25, -0.2) is 29.3 Å². The molecule has 164 valence electrons. The van der Waals surface area contributed by atoms with Crippen LogP contribution in [0.4, 0.5) is 11.8 Å². The number of nitrogens with one attached hydrogen (secondary N) is 1. The van der Waals surface area contributed by atoms with E-state index in [-0.39, 0.29) is 12.5 Å². The van der Waals surface area contributed by atoms with Crippen molar-refractivity contribution in [2.75, 3.05) is 42.5 Å². The summed E-state index contributed by atoms with van der Waals surface area (Å²) in [7, 11) is 0. The zero-order valence-electron chi connectivity index (χ0n) is 17.2. The second-order valence-corrected chi connectivity index (χ2v) is 7.18. The molecule has 14 nitrogen and oxygen atoms in total. The van der Waals surface area contributed by atoms with Gasteiger partial charge in [0.05, 0.1) is 18.1 Å². The number of amides is 1. The minimum absolute atomic E-state index is 0.0686. The molecule has 1 aliphatic rings. The number of tetrazole rings is 1. The molecule has 0 radical (unpaired) electrons. The van der Waals surface area contributed by atoms with Crippen LogP contribution in [0.2, 0.25) is 0 Å². The number of hydrogen-bond donors (Lipinski definition) is 1. The van der Waals surface area contributed by atoms with Crippen LogP contribution in [-0.2, 0) is 17.9 Å². The van der Waals surface area contributed by atoms with Crippen LogP contribution in [0.15, 0.2) is 37.3 Å². The van der Waals surface area contributed by atoms with E-state index in [2.05, 4.69) is 55.7 Å². The third kappa shape index (κ3) is 4.14. The molecule has 5 heterocycles. The molecule has 1 aliphatic heterocycles. The normalized spacial score (nSPS) is 14.1. The highest BCUT2D eigenvalue weighted by Crippen LogP contribution is 2.24. The summed E-state index contributed by atoms with van der Waals surface area (Å²) >= 11 is 0. The van der Waals surface area contributed by atoms with Crippen LogP contribution in [0.1, 0.15) is 0 Å². The molecule has 0 aromatic carbocycles. The summed E-state index contributed by atoms with van der Waals surface area (Å²) in [5.41, 5.74) is 0.735. The predicted molar refractivity (Wildman–Crippen MR) is 113 cm³/mol. The molecule has 4 aromatic rings. The number of nitrogens with zero attached hydrogens (tertiary/aromatic N) is 12. The number of carbonyl (C=O) groups is 1. The van der Waals surface area contributed by atoms with E-state index in [1.54, 1.807) is 29.6 Å². The van der Waals surface area contributed by atoms with Crippen molar-refractivity contribution in [3.63, 3.8) is 0 Å². The standard InChI is InChI=1S/C18H21N13O/c32-15(11-30-13-24-26-27-30)19-4-5-31-17-14(10-25-31)16(22-12-23-17)28-6-8-29(9-7-28)18-20-2-1-3-21-18/h1-3,10,12-13H,4-9,11H2,(H,19,32). The fourth-order valence-corrected chi connectivity index (χ4v) is 3.63. The van der Waals surface area contributed by atoms with Gasteiger partial charge in [-0.2, -0.15) is 5.10 Å². The maximum Gasteiger partial charge on any atom is 0.241 e. The fraction of sp³-hybridized carbons (Fsp3) is 0.389. The monoisotopic (exact) mass is 435 g/mol. The van der Waals surface area contributed by atoms with Gasteiger partial charge in [0.25, 0.3) is 0 Å². The number of hydrogen-bond acceptors (Lipinski definition) is 11. The Morgan fingerprint density at radius 3 is 2.62 bits per heavy atom. The average Bonchev–Trinajstić information content (AvgIpc) is 3.50. The van der Waals surface area contributed by atoms with Crippen molar-refractivity contribution < 1.29 is 4.79 Å². The van der Waals surface area contributed by atoms with Gasteiger partial charge in [0.15, 0.2) is 5.65 Å². The van der Waals surface area contributed by atoms with Gasteiger partial charge >= 0.3 is 0 Å². The number of aromatic nitrogens is 10. The zero-order chi connectivity index (χ0) is 21.8. The van der Waals surface area contributed by atoms with Crippen LogP contribution in [0.25, 0.3) is 11.0 Å². The Labute approximate surface area is 182 Å². The first-order valence-electron chi connectivity index (χ1n) is 10.2. The molecule has 0 atom stereocenters. The molecule has 14 heteroatoms. The summed E-state index contributed by atoms with van der Waals surface area (Å²) in [6.07, 6.45) is 8.24. The topological polar surface area (TPSA) is 149 Å².